The lowest BCUT2D eigenvalue weighted by Crippen LogP contribution is -2.08. The van der Waals surface area contributed by atoms with Gasteiger partial charge in [0.05, 0.1) is 18.4 Å². The highest BCUT2D eigenvalue weighted by Crippen LogP contribution is 2.21. The van der Waals surface area contributed by atoms with Crippen LogP contribution in [0.15, 0.2) is 60.9 Å². The number of nitrogens with zero attached hydrogens (tertiary/aromatic N) is 2. The first kappa shape index (κ1) is 18.2. The van der Waals surface area contributed by atoms with E-state index in [2.05, 4.69) is 20.6 Å². The Labute approximate surface area is 157 Å². The van der Waals surface area contributed by atoms with Crippen LogP contribution in [0.4, 0.5) is 17.3 Å². The van der Waals surface area contributed by atoms with Crippen LogP contribution in [0.2, 0.25) is 0 Å². The quantitative estimate of drug-likeness (QED) is 0.562. The van der Waals surface area contributed by atoms with Crippen LogP contribution < -0.4 is 15.4 Å². The van der Waals surface area contributed by atoms with E-state index in [9.17, 15) is 9.90 Å². The first-order valence-corrected chi connectivity index (χ1v) is 8.44. The van der Waals surface area contributed by atoms with Gasteiger partial charge in [-0.05, 0) is 30.2 Å². The smallest absolute Gasteiger partial charge is 0.337 e. The first-order chi connectivity index (χ1) is 13.2. The molecule has 3 rings (SSSR count). The van der Waals surface area contributed by atoms with E-state index in [0.29, 0.717) is 23.9 Å². The number of benzene rings is 2. The number of hydrogen-bond acceptors (Lipinski definition) is 6. The number of aromatic carboxylic acids is 1. The summed E-state index contributed by atoms with van der Waals surface area (Å²) in [6, 6.07) is 16.3. The molecule has 27 heavy (non-hydrogen) atoms. The highest BCUT2D eigenvalue weighted by molar-refractivity contribution is 5.95. The van der Waals surface area contributed by atoms with Gasteiger partial charge in [0.25, 0.3) is 0 Å². The van der Waals surface area contributed by atoms with Gasteiger partial charge in [0.1, 0.15) is 23.7 Å². The average molecular weight is 364 g/mol. The van der Waals surface area contributed by atoms with Crippen LogP contribution in [0.5, 0.6) is 5.75 Å². The lowest BCUT2D eigenvalue weighted by molar-refractivity contribution is 0.0698. The molecule has 0 aliphatic heterocycles. The molecule has 0 bridgehead atoms. The zero-order valence-corrected chi connectivity index (χ0v) is 14.8. The normalized spacial score (nSPS) is 10.3. The number of ether oxygens (including phenoxy) is 1. The summed E-state index contributed by atoms with van der Waals surface area (Å²) >= 11 is 0. The molecule has 0 aliphatic carbocycles. The number of nitrogens with one attached hydrogen (secondary N) is 2. The lowest BCUT2D eigenvalue weighted by atomic mass is 10.1. The van der Waals surface area contributed by atoms with Gasteiger partial charge in [-0.3, -0.25) is 0 Å². The Balaban J connectivity index is 1.65. The standard InChI is InChI=1S/C20H20N4O3/c1-27-17-9-5-2-6-14(17)10-11-21-18-12-19(23-13-22-18)24-16-8-4-3-7-15(16)20(25)26/h2-9,12-13H,10-11H2,1H3,(H,25,26)(H2,21,22,23,24). The van der Waals surface area contributed by atoms with Crippen molar-refractivity contribution in [3.63, 3.8) is 0 Å². The highest BCUT2D eigenvalue weighted by Gasteiger charge is 2.10. The zero-order valence-electron chi connectivity index (χ0n) is 14.8. The molecule has 0 spiro atoms. The number of para-hydroxylation sites is 2. The van der Waals surface area contributed by atoms with E-state index in [1.54, 1.807) is 31.4 Å². The van der Waals surface area contributed by atoms with E-state index in [1.807, 2.05) is 24.3 Å². The molecule has 0 atom stereocenters. The second kappa shape index (κ2) is 8.66. The number of carbonyl (C=O) groups is 1. The fourth-order valence-electron chi connectivity index (χ4n) is 2.67. The van der Waals surface area contributed by atoms with Crippen LogP contribution in [-0.2, 0) is 6.42 Å². The molecule has 3 N–H and O–H groups in total. The van der Waals surface area contributed by atoms with Crippen molar-refractivity contribution in [3.05, 3.63) is 72.1 Å². The average Bonchev–Trinajstić information content (AvgIpc) is 2.69. The summed E-state index contributed by atoms with van der Waals surface area (Å²) in [5.41, 5.74) is 1.76. The fourth-order valence-corrected chi connectivity index (χ4v) is 2.67. The molecule has 0 saturated carbocycles. The van der Waals surface area contributed by atoms with Crippen LogP contribution in [0.25, 0.3) is 0 Å². The Hall–Kier alpha value is -3.61. The predicted molar refractivity (Wildman–Crippen MR) is 104 cm³/mol. The van der Waals surface area contributed by atoms with E-state index < -0.39 is 5.97 Å². The van der Waals surface area contributed by atoms with Crippen molar-refractivity contribution in [2.45, 2.75) is 6.42 Å². The van der Waals surface area contributed by atoms with Crippen molar-refractivity contribution in [1.29, 1.82) is 0 Å². The molecule has 0 unspecified atom stereocenters. The molecule has 138 valence electrons. The second-order valence-corrected chi connectivity index (χ2v) is 5.75. The number of hydrogen-bond donors (Lipinski definition) is 3. The Morgan fingerprint density at radius 3 is 2.63 bits per heavy atom. The topological polar surface area (TPSA) is 96.4 Å². The van der Waals surface area contributed by atoms with Gasteiger partial charge in [0, 0.05) is 12.6 Å². The molecule has 0 amide bonds. The van der Waals surface area contributed by atoms with Crippen molar-refractivity contribution in [1.82, 2.24) is 9.97 Å². The third kappa shape index (κ3) is 4.72. The third-order valence-electron chi connectivity index (χ3n) is 3.98. The molecule has 0 fully saturated rings. The molecule has 2 aromatic carbocycles. The van der Waals surface area contributed by atoms with E-state index in [-0.39, 0.29) is 5.56 Å². The number of carboxylic acids is 1. The highest BCUT2D eigenvalue weighted by atomic mass is 16.5. The number of rotatable bonds is 8. The summed E-state index contributed by atoms with van der Waals surface area (Å²) in [6.45, 7) is 0.669. The fraction of sp³-hybridized carbons (Fsp3) is 0.150. The minimum atomic E-state index is -0.998. The van der Waals surface area contributed by atoms with Crippen molar-refractivity contribution >= 4 is 23.3 Å². The Bertz CT molecular complexity index is 930. The van der Waals surface area contributed by atoms with Gasteiger partial charge < -0.3 is 20.5 Å². The van der Waals surface area contributed by atoms with Gasteiger partial charge >= 0.3 is 5.97 Å². The van der Waals surface area contributed by atoms with Crippen LogP contribution >= 0.6 is 0 Å². The maximum absolute atomic E-state index is 11.3. The van der Waals surface area contributed by atoms with Crippen LogP contribution in [0, 0.1) is 0 Å². The number of anilines is 3. The van der Waals surface area contributed by atoms with Gasteiger partial charge in [-0.25, -0.2) is 14.8 Å². The lowest BCUT2D eigenvalue weighted by Gasteiger charge is -2.11. The summed E-state index contributed by atoms with van der Waals surface area (Å²) < 4.78 is 5.35. The summed E-state index contributed by atoms with van der Waals surface area (Å²) in [7, 11) is 1.66. The van der Waals surface area contributed by atoms with Gasteiger partial charge in [0.15, 0.2) is 0 Å². The van der Waals surface area contributed by atoms with Gasteiger partial charge in [0.2, 0.25) is 0 Å². The monoisotopic (exact) mass is 364 g/mol. The van der Waals surface area contributed by atoms with Crippen molar-refractivity contribution < 1.29 is 14.6 Å². The van der Waals surface area contributed by atoms with Crippen LogP contribution in [0.3, 0.4) is 0 Å². The summed E-state index contributed by atoms with van der Waals surface area (Å²) in [6.07, 6.45) is 2.20. The molecule has 1 heterocycles. The third-order valence-corrected chi connectivity index (χ3v) is 3.98. The summed E-state index contributed by atoms with van der Waals surface area (Å²) in [5.74, 6) is 1.02. The molecule has 7 heteroatoms. The minimum absolute atomic E-state index is 0.182. The second-order valence-electron chi connectivity index (χ2n) is 5.75. The van der Waals surface area contributed by atoms with Crippen LogP contribution in [-0.4, -0.2) is 34.7 Å². The van der Waals surface area contributed by atoms with Crippen molar-refractivity contribution in [2.75, 3.05) is 24.3 Å². The maximum Gasteiger partial charge on any atom is 0.337 e. The number of methoxy groups -OCH3 is 1. The van der Waals surface area contributed by atoms with E-state index in [1.165, 1.54) is 12.4 Å². The van der Waals surface area contributed by atoms with Crippen LogP contribution in [0.1, 0.15) is 15.9 Å². The SMILES string of the molecule is COc1ccccc1CCNc1cc(Nc2ccccc2C(=O)O)ncn1. The van der Waals surface area contributed by atoms with Gasteiger partial charge in [-0.2, -0.15) is 0 Å². The maximum atomic E-state index is 11.3. The molecule has 0 aliphatic rings. The van der Waals surface area contributed by atoms with Crippen molar-refractivity contribution in [2.24, 2.45) is 0 Å². The molecule has 0 radical (unpaired) electrons. The molecule has 1 aromatic heterocycles. The van der Waals surface area contributed by atoms with E-state index >= 15 is 0 Å². The van der Waals surface area contributed by atoms with Gasteiger partial charge in [-0.15, -0.1) is 0 Å². The minimum Gasteiger partial charge on any atom is -0.496 e. The Kier molecular flexibility index (Phi) is 5.84. The number of aromatic nitrogens is 2. The molecule has 7 nitrogen and oxygen atoms in total. The zero-order chi connectivity index (χ0) is 19.1. The first-order valence-electron chi connectivity index (χ1n) is 8.44. The van der Waals surface area contributed by atoms with Crippen molar-refractivity contribution in [3.8, 4) is 5.75 Å². The summed E-state index contributed by atoms with van der Waals surface area (Å²) in [5, 5.41) is 15.5. The van der Waals surface area contributed by atoms with E-state index in [4.69, 9.17) is 4.74 Å². The number of carboxylic acid groups (broad SMARTS) is 1. The molecule has 0 saturated heterocycles. The van der Waals surface area contributed by atoms with Gasteiger partial charge in [-0.1, -0.05) is 30.3 Å². The Morgan fingerprint density at radius 1 is 1.07 bits per heavy atom. The predicted octanol–water partition coefficient (Wildman–Crippen LogP) is 3.58. The molecule has 3 aromatic rings. The molecular weight excluding hydrogens is 344 g/mol. The summed E-state index contributed by atoms with van der Waals surface area (Å²) in [4.78, 5) is 19.7. The largest absolute Gasteiger partial charge is 0.496 e. The van der Waals surface area contributed by atoms with E-state index in [0.717, 1.165) is 17.7 Å². The molecular formula is C20H20N4O3. The Morgan fingerprint density at radius 2 is 1.81 bits per heavy atom.